The fourth-order valence-electron chi connectivity index (χ4n) is 8.74. The predicted octanol–water partition coefficient (Wildman–Crippen LogP) is 6.76. The van der Waals surface area contributed by atoms with Gasteiger partial charge >= 0.3 is 0 Å². The number of rotatable bonds is 10. The molecule has 0 heterocycles. The van der Waals surface area contributed by atoms with E-state index in [2.05, 4.69) is 48.1 Å². The maximum absolute atomic E-state index is 12.5. The summed E-state index contributed by atoms with van der Waals surface area (Å²) < 4.78 is 6.21. The Hall–Kier alpha value is -0.580. The molecule has 3 N–H and O–H groups in total. The molecule has 0 spiro atoms. The molecule has 3 aliphatic rings. The number of hydrogen-bond acceptors (Lipinski definition) is 4. The van der Waals surface area contributed by atoms with E-state index < -0.39 is 22.2 Å². The van der Waals surface area contributed by atoms with Crippen LogP contribution >= 0.6 is 0 Å². The van der Waals surface area contributed by atoms with Crippen molar-refractivity contribution >= 4 is 0 Å². The van der Waals surface area contributed by atoms with Crippen molar-refractivity contribution < 1.29 is 20.1 Å². The third kappa shape index (κ3) is 3.98. The third-order valence-electron chi connectivity index (χ3n) is 10.9. The van der Waals surface area contributed by atoms with Crippen LogP contribution in [0.4, 0.5) is 0 Å². The van der Waals surface area contributed by atoms with E-state index in [0.717, 1.165) is 32.1 Å². The highest BCUT2D eigenvalue weighted by Crippen LogP contribution is 2.71. The molecule has 4 heteroatoms. The topological polar surface area (TPSA) is 69.9 Å². The number of unbranched alkanes of at least 4 members (excludes halogenated alkanes) is 1. The van der Waals surface area contributed by atoms with Crippen LogP contribution in [0.5, 0.6) is 0 Å². The molecule has 198 valence electrons. The van der Waals surface area contributed by atoms with Crippen LogP contribution in [0.2, 0.25) is 0 Å². The van der Waals surface area contributed by atoms with Crippen LogP contribution in [0, 0.1) is 28.6 Å². The highest BCUT2D eigenvalue weighted by molar-refractivity contribution is 5.30. The summed E-state index contributed by atoms with van der Waals surface area (Å²) in [6.45, 7) is 19.2. The van der Waals surface area contributed by atoms with Crippen molar-refractivity contribution in [1.29, 1.82) is 0 Å². The molecule has 3 fully saturated rings. The zero-order chi connectivity index (χ0) is 25.6. The number of hydrogen-bond donors (Lipinski definition) is 3. The molecule has 3 rings (SSSR count). The van der Waals surface area contributed by atoms with Gasteiger partial charge in [-0.25, -0.2) is 0 Å². The molecule has 0 aromatic carbocycles. The molecule has 34 heavy (non-hydrogen) atoms. The minimum atomic E-state index is -1.53. The quantitative estimate of drug-likeness (QED) is 0.303. The Morgan fingerprint density at radius 2 is 1.56 bits per heavy atom. The van der Waals surface area contributed by atoms with E-state index in [-0.39, 0.29) is 11.5 Å². The summed E-state index contributed by atoms with van der Waals surface area (Å²) in [5, 5.41) is 37.5. The summed E-state index contributed by atoms with van der Waals surface area (Å²) in [7, 11) is 0. The van der Waals surface area contributed by atoms with Gasteiger partial charge in [0.25, 0.3) is 0 Å². The normalized spacial score (nSPS) is 45.0. The monoisotopic (exact) mass is 478 g/mol. The zero-order valence-electron chi connectivity index (χ0n) is 23.3. The smallest absolute Gasteiger partial charge is 0.123 e. The van der Waals surface area contributed by atoms with Gasteiger partial charge in [0.15, 0.2) is 0 Å². The van der Waals surface area contributed by atoms with Gasteiger partial charge in [0.05, 0.1) is 5.76 Å². The Labute approximate surface area is 209 Å². The summed E-state index contributed by atoms with van der Waals surface area (Å²) in [5.41, 5.74) is -5.24. The van der Waals surface area contributed by atoms with Gasteiger partial charge in [0, 0.05) is 10.8 Å². The molecule has 8 atom stereocenters. The van der Waals surface area contributed by atoms with Crippen LogP contribution in [0.1, 0.15) is 126 Å². The molecular weight excluding hydrogens is 424 g/mol. The van der Waals surface area contributed by atoms with Crippen molar-refractivity contribution in [3.8, 4) is 0 Å². The van der Waals surface area contributed by atoms with Gasteiger partial charge in [-0.2, -0.15) is 0 Å². The standard InChI is InChI=1S/C30H54O4/c1-9-10-16-27(8)25(34-22(4)5)15-18-30(33)28(31)17-14-24(23(6)13-11-12-21(2)3)26(28,7)19-20-29(27,30)32/h21,23-25,31-33H,4,9-20H2,1-3,5-8H3/t23-,24?,25-,26-,27+,28+,29+,30-/m1/s1. The van der Waals surface area contributed by atoms with Crippen LogP contribution in [0.25, 0.3) is 0 Å². The first-order valence-corrected chi connectivity index (χ1v) is 14.2. The Morgan fingerprint density at radius 3 is 2.15 bits per heavy atom. The molecule has 3 aliphatic carbocycles. The van der Waals surface area contributed by atoms with Crippen molar-refractivity contribution in [2.24, 2.45) is 28.6 Å². The second kappa shape index (κ2) is 9.71. The van der Waals surface area contributed by atoms with Crippen LogP contribution in [0.3, 0.4) is 0 Å². The molecule has 0 radical (unpaired) electrons. The molecule has 0 aromatic rings. The Kier molecular flexibility index (Phi) is 7.99. The average Bonchev–Trinajstić information content (AvgIpc) is 3.03. The molecule has 3 saturated carbocycles. The van der Waals surface area contributed by atoms with Crippen LogP contribution in [-0.4, -0.2) is 38.2 Å². The SMILES string of the molecule is C=C(C)O[C@@H]1CC[C@]2(O)[C@](O)(CC[C@]3(C)C([C@H](C)CCCC(C)C)CC[C@@]23O)[C@@]1(C)CCCC. The third-order valence-corrected chi connectivity index (χ3v) is 10.9. The van der Waals surface area contributed by atoms with Gasteiger partial charge in [-0.3, -0.25) is 0 Å². The molecule has 0 bridgehead atoms. The molecular formula is C30H54O4. The van der Waals surface area contributed by atoms with Crippen molar-refractivity contribution in [1.82, 2.24) is 0 Å². The fraction of sp³-hybridized carbons (Fsp3) is 0.933. The summed E-state index contributed by atoms with van der Waals surface area (Å²) in [6.07, 6.45) is 9.87. The fourth-order valence-corrected chi connectivity index (χ4v) is 8.74. The van der Waals surface area contributed by atoms with Gasteiger partial charge in [0.2, 0.25) is 0 Å². The highest BCUT2D eigenvalue weighted by atomic mass is 16.5. The molecule has 0 saturated heterocycles. The van der Waals surface area contributed by atoms with Gasteiger partial charge in [-0.05, 0) is 69.6 Å². The molecule has 0 amide bonds. The average molecular weight is 479 g/mol. The zero-order valence-corrected chi connectivity index (χ0v) is 23.3. The Morgan fingerprint density at radius 1 is 0.912 bits per heavy atom. The number of allylic oxidation sites excluding steroid dienone is 1. The first kappa shape index (κ1) is 28.0. The highest BCUT2D eigenvalue weighted by Gasteiger charge is 2.79. The second-order valence-electron chi connectivity index (χ2n) is 13.3. The maximum Gasteiger partial charge on any atom is 0.123 e. The second-order valence-corrected chi connectivity index (χ2v) is 13.3. The van der Waals surface area contributed by atoms with Gasteiger partial charge in [-0.1, -0.05) is 80.2 Å². The van der Waals surface area contributed by atoms with Crippen molar-refractivity contribution in [2.45, 2.75) is 148 Å². The van der Waals surface area contributed by atoms with Crippen molar-refractivity contribution in [3.63, 3.8) is 0 Å². The molecule has 0 aliphatic heterocycles. The molecule has 1 unspecified atom stereocenters. The van der Waals surface area contributed by atoms with E-state index in [0.29, 0.717) is 49.2 Å². The van der Waals surface area contributed by atoms with E-state index >= 15 is 0 Å². The van der Waals surface area contributed by atoms with E-state index in [1.54, 1.807) is 0 Å². The lowest BCUT2D eigenvalue weighted by molar-refractivity contribution is -0.363. The Bertz CT molecular complexity index is 735. The minimum Gasteiger partial charge on any atom is -0.495 e. The predicted molar refractivity (Wildman–Crippen MR) is 139 cm³/mol. The summed E-state index contributed by atoms with van der Waals surface area (Å²) >= 11 is 0. The van der Waals surface area contributed by atoms with E-state index in [1.165, 1.54) is 19.3 Å². The van der Waals surface area contributed by atoms with Crippen LogP contribution in [-0.2, 0) is 4.74 Å². The first-order valence-electron chi connectivity index (χ1n) is 14.2. The molecule has 4 nitrogen and oxygen atoms in total. The largest absolute Gasteiger partial charge is 0.495 e. The number of fused-ring (bicyclic) bond motifs is 3. The lowest BCUT2D eigenvalue weighted by Gasteiger charge is -2.69. The lowest BCUT2D eigenvalue weighted by atomic mass is 9.41. The van der Waals surface area contributed by atoms with E-state index in [9.17, 15) is 15.3 Å². The van der Waals surface area contributed by atoms with Gasteiger partial charge < -0.3 is 20.1 Å². The maximum atomic E-state index is 12.5. The summed E-state index contributed by atoms with van der Waals surface area (Å²) in [5.74, 6) is 2.23. The van der Waals surface area contributed by atoms with Gasteiger partial charge in [0.1, 0.15) is 22.9 Å². The molecule has 0 aromatic heterocycles. The van der Waals surface area contributed by atoms with Crippen LogP contribution in [0.15, 0.2) is 12.3 Å². The number of ether oxygens (including phenoxy) is 1. The van der Waals surface area contributed by atoms with Crippen molar-refractivity contribution in [3.05, 3.63) is 12.3 Å². The number of aliphatic hydroxyl groups is 3. The van der Waals surface area contributed by atoms with Gasteiger partial charge in [-0.15, -0.1) is 0 Å². The first-order chi connectivity index (χ1) is 15.7. The van der Waals surface area contributed by atoms with Crippen molar-refractivity contribution in [2.75, 3.05) is 0 Å². The summed E-state index contributed by atoms with van der Waals surface area (Å²) in [6, 6.07) is 0. The Balaban J connectivity index is 1.96. The van der Waals surface area contributed by atoms with Crippen LogP contribution < -0.4 is 0 Å². The lowest BCUT2D eigenvalue weighted by Crippen LogP contribution is -2.82. The minimum absolute atomic E-state index is 0.207. The summed E-state index contributed by atoms with van der Waals surface area (Å²) in [4.78, 5) is 0. The van der Waals surface area contributed by atoms with E-state index in [1.807, 2.05) is 6.92 Å². The van der Waals surface area contributed by atoms with E-state index in [4.69, 9.17) is 4.74 Å².